The number of hydrogen-bond donors (Lipinski definition) is 1. The fourth-order valence-corrected chi connectivity index (χ4v) is 2.96. The summed E-state index contributed by atoms with van der Waals surface area (Å²) in [5.74, 6) is 0.961. The molecule has 0 atom stereocenters. The fourth-order valence-electron chi connectivity index (χ4n) is 2.19. The van der Waals surface area contributed by atoms with Gasteiger partial charge in [0.1, 0.15) is 11.5 Å². The van der Waals surface area contributed by atoms with Crippen molar-refractivity contribution in [2.45, 2.75) is 0 Å². The van der Waals surface area contributed by atoms with Gasteiger partial charge in [0, 0.05) is 22.0 Å². The second-order valence-corrected chi connectivity index (χ2v) is 5.68. The number of rotatable bonds is 4. The smallest absolute Gasteiger partial charge is 0.255 e. The molecule has 1 heterocycles. The Hall–Kier alpha value is -2.53. The van der Waals surface area contributed by atoms with E-state index in [1.165, 1.54) is 4.70 Å². The molecule has 112 valence electrons. The molecule has 0 aliphatic heterocycles. The molecule has 0 aliphatic rings. The van der Waals surface area contributed by atoms with E-state index in [-0.39, 0.29) is 5.91 Å². The summed E-state index contributed by atoms with van der Waals surface area (Å²) in [7, 11) is 3.11. The van der Waals surface area contributed by atoms with Crippen molar-refractivity contribution in [1.29, 1.82) is 0 Å². The molecule has 3 rings (SSSR count). The Morgan fingerprint density at radius 1 is 1.00 bits per heavy atom. The monoisotopic (exact) mass is 313 g/mol. The minimum absolute atomic E-state index is 0.202. The number of benzene rings is 2. The maximum Gasteiger partial charge on any atom is 0.255 e. The van der Waals surface area contributed by atoms with Crippen LogP contribution >= 0.6 is 11.3 Å². The van der Waals surface area contributed by atoms with Crippen molar-refractivity contribution in [1.82, 2.24) is 0 Å². The first-order valence-corrected chi connectivity index (χ1v) is 7.59. The number of fused-ring (bicyclic) bond motifs is 1. The third-order valence-corrected chi connectivity index (χ3v) is 4.22. The summed E-state index contributed by atoms with van der Waals surface area (Å²) < 4.78 is 11.6. The summed E-state index contributed by atoms with van der Waals surface area (Å²) >= 11 is 1.68. The van der Waals surface area contributed by atoms with Crippen molar-refractivity contribution in [2.75, 3.05) is 19.5 Å². The lowest BCUT2D eigenvalue weighted by Crippen LogP contribution is -2.12. The minimum atomic E-state index is -0.202. The average Bonchev–Trinajstić information content (AvgIpc) is 3.01. The number of nitrogens with one attached hydrogen (secondary N) is 1. The van der Waals surface area contributed by atoms with Crippen molar-refractivity contribution in [3.05, 3.63) is 53.4 Å². The van der Waals surface area contributed by atoms with Crippen LogP contribution in [0.1, 0.15) is 10.4 Å². The van der Waals surface area contributed by atoms with Crippen LogP contribution in [-0.2, 0) is 0 Å². The van der Waals surface area contributed by atoms with E-state index in [0.29, 0.717) is 17.1 Å². The van der Waals surface area contributed by atoms with Crippen LogP contribution in [0.3, 0.4) is 0 Å². The molecule has 0 unspecified atom stereocenters. The maximum absolute atomic E-state index is 12.4. The lowest BCUT2D eigenvalue weighted by Gasteiger charge is -2.09. The first-order chi connectivity index (χ1) is 10.7. The zero-order chi connectivity index (χ0) is 15.5. The van der Waals surface area contributed by atoms with Gasteiger partial charge in [0.15, 0.2) is 0 Å². The molecule has 0 saturated carbocycles. The molecule has 0 radical (unpaired) electrons. The molecule has 1 amide bonds. The molecular weight excluding hydrogens is 298 g/mol. The highest BCUT2D eigenvalue weighted by atomic mass is 32.1. The Morgan fingerprint density at radius 3 is 2.41 bits per heavy atom. The minimum Gasteiger partial charge on any atom is -0.497 e. The van der Waals surface area contributed by atoms with Crippen LogP contribution < -0.4 is 14.8 Å². The van der Waals surface area contributed by atoms with Gasteiger partial charge < -0.3 is 14.8 Å². The van der Waals surface area contributed by atoms with Gasteiger partial charge in [-0.1, -0.05) is 0 Å². The SMILES string of the molecule is COc1cc(OC)cc(C(=O)Nc2ccc3sccc3c2)c1. The number of hydrogen-bond acceptors (Lipinski definition) is 4. The maximum atomic E-state index is 12.4. The average molecular weight is 313 g/mol. The van der Waals surface area contributed by atoms with E-state index in [2.05, 4.69) is 5.32 Å². The zero-order valence-electron chi connectivity index (χ0n) is 12.3. The summed E-state index contributed by atoms with van der Waals surface area (Å²) in [6, 6.07) is 13.0. The highest BCUT2D eigenvalue weighted by molar-refractivity contribution is 7.17. The van der Waals surface area contributed by atoms with Gasteiger partial charge in [0.2, 0.25) is 0 Å². The van der Waals surface area contributed by atoms with Crippen LogP contribution in [0, 0.1) is 0 Å². The second-order valence-electron chi connectivity index (χ2n) is 4.73. The molecule has 0 bridgehead atoms. The molecule has 1 aromatic heterocycles. The van der Waals surface area contributed by atoms with E-state index in [4.69, 9.17) is 9.47 Å². The van der Waals surface area contributed by atoms with Crippen LogP contribution in [0.25, 0.3) is 10.1 Å². The van der Waals surface area contributed by atoms with Gasteiger partial charge in [-0.15, -0.1) is 11.3 Å². The fraction of sp³-hybridized carbons (Fsp3) is 0.118. The van der Waals surface area contributed by atoms with E-state index in [1.807, 2.05) is 29.6 Å². The van der Waals surface area contributed by atoms with Gasteiger partial charge in [-0.25, -0.2) is 0 Å². The summed E-state index contributed by atoms with van der Waals surface area (Å²) in [6.07, 6.45) is 0. The lowest BCUT2D eigenvalue weighted by molar-refractivity contribution is 0.102. The third-order valence-electron chi connectivity index (χ3n) is 3.32. The Balaban J connectivity index is 1.87. The van der Waals surface area contributed by atoms with Gasteiger partial charge in [0.05, 0.1) is 14.2 Å². The van der Waals surface area contributed by atoms with Crippen molar-refractivity contribution < 1.29 is 14.3 Å². The van der Waals surface area contributed by atoms with Crippen LogP contribution in [0.2, 0.25) is 0 Å². The topological polar surface area (TPSA) is 47.6 Å². The third kappa shape index (κ3) is 2.89. The quantitative estimate of drug-likeness (QED) is 0.786. The molecule has 22 heavy (non-hydrogen) atoms. The number of amides is 1. The molecular formula is C17H15NO3S. The van der Waals surface area contributed by atoms with Crippen molar-refractivity contribution in [2.24, 2.45) is 0 Å². The molecule has 4 nitrogen and oxygen atoms in total. The number of carbonyl (C=O) groups is 1. The van der Waals surface area contributed by atoms with E-state index in [9.17, 15) is 4.79 Å². The van der Waals surface area contributed by atoms with Gasteiger partial charge in [-0.3, -0.25) is 4.79 Å². The highest BCUT2D eigenvalue weighted by Gasteiger charge is 2.10. The summed E-state index contributed by atoms with van der Waals surface area (Å²) in [4.78, 5) is 12.4. The van der Waals surface area contributed by atoms with Crippen LogP contribution in [0.4, 0.5) is 5.69 Å². The van der Waals surface area contributed by atoms with E-state index in [1.54, 1.807) is 43.8 Å². The molecule has 1 N–H and O–H groups in total. The number of methoxy groups -OCH3 is 2. The number of carbonyl (C=O) groups excluding carboxylic acids is 1. The first kappa shape index (κ1) is 14.4. The largest absolute Gasteiger partial charge is 0.497 e. The summed E-state index contributed by atoms with van der Waals surface area (Å²) in [5.41, 5.74) is 1.25. The highest BCUT2D eigenvalue weighted by Crippen LogP contribution is 2.26. The lowest BCUT2D eigenvalue weighted by atomic mass is 10.1. The standard InChI is InChI=1S/C17H15NO3S/c1-20-14-8-12(9-15(10-14)21-2)17(19)18-13-3-4-16-11(7-13)5-6-22-16/h3-10H,1-2H3,(H,18,19). The Bertz CT molecular complexity index is 803. The summed E-state index contributed by atoms with van der Waals surface area (Å²) in [5, 5.41) is 6.04. The Labute approximate surface area is 132 Å². The van der Waals surface area contributed by atoms with Crippen LogP contribution in [0.15, 0.2) is 47.8 Å². The van der Waals surface area contributed by atoms with Crippen molar-refractivity contribution >= 4 is 33.0 Å². The van der Waals surface area contributed by atoms with Crippen LogP contribution in [-0.4, -0.2) is 20.1 Å². The normalized spacial score (nSPS) is 10.5. The van der Waals surface area contributed by atoms with E-state index >= 15 is 0 Å². The van der Waals surface area contributed by atoms with Crippen LogP contribution in [0.5, 0.6) is 11.5 Å². The van der Waals surface area contributed by atoms with Gasteiger partial charge in [-0.05, 0) is 47.2 Å². The van der Waals surface area contributed by atoms with E-state index in [0.717, 1.165) is 11.1 Å². The molecule has 2 aromatic carbocycles. The Kier molecular flexibility index (Phi) is 3.98. The molecule has 0 fully saturated rings. The number of ether oxygens (including phenoxy) is 2. The first-order valence-electron chi connectivity index (χ1n) is 6.71. The van der Waals surface area contributed by atoms with E-state index < -0.39 is 0 Å². The molecule has 3 aromatic rings. The number of anilines is 1. The molecule has 0 aliphatic carbocycles. The molecule has 0 spiro atoms. The second kappa shape index (κ2) is 6.07. The molecule has 0 saturated heterocycles. The van der Waals surface area contributed by atoms with Gasteiger partial charge in [0.25, 0.3) is 5.91 Å². The molecule has 5 heteroatoms. The predicted molar refractivity (Wildman–Crippen MR) is 89.3 cm³/mol. The predicted octanol–water partition coefficient (Wildman–Crippen LogP) is 4.17. The van der Waals surface area contributed by atoms with Gasteiger partial charge in [-0.2, -0.15) is 0 Å². The number of thiophene rings is 1. The van der Waals surface area contributed by atoms with Gasteiger partial charge >= 0.3 is 0 Å². The zero-order valence-corrected chi connectivity index (χ0v) is 13.1. The summed E-state index contributed by atoms with van der Waals surface area (Å²) in [6.45, 7) is 0. The Morgan fingerprint density at radius 2 is 1.73 bits per heavy atom. The van der Waals surface area contributed by atoms with Crippen molar-refractivity contribution in [3.63, 3.8) is 0 Å². The van der Waals surface area contributed by atoms with Crippen molar-refractivity contribution in [3.8, 4) is 11.5 Å².